The zero-order chi connectivity index (χ0) is 11.4. The highest BCUT2D eigenvalue weighted by Crippen LogP contribution is 2.21. The zero-order valence-electron chi connectivity index (χ0n) is 9.27. The third-order valence-electron chi connectivity index (χ3n) is 2.77. The molecule has 2 rings (SSSR count). The van der Waals surface area contributed by atoms with Crippen molar-refractivity contribution in [3.05, 3.63) is 23.8 Å². The van der Waals surface area contributed by atoms with Gasteiger partial charge < -0.3 is 10.1 Å². The summed E-state index contributed by atoms with van der Waals surface area (Å²) in [5.41, 5.74) is 0.339. The topological polar surface area (TPSA) is 64.1 Å². The molecule has 0 atom stereocenters. The smallest absolute Gasteiger partial charge is 0.356 e. The number of rotatable bonds is 2. The van der Waals surface area contributed by atoms with Gasteiger partial charge in [0.25, 0.3) is 0 Å². The first kappa shape index (κ1) is 11.0. The SMILES string of the molecule is COC(=O)c1ccnc(C2CCNCC2)n1. The van der Waals surface area contributed by atoms with E-state index in [9.17, 15) is 4.79 Å². The lowest BCUT2D eigenvalue weighted by molar-refractivity contribution is 0.0593. The Kier molecular flexibility index (Phi) is 3.46. The van der Waals surface area contributed by atoms with Crippen molar-refractivity contribution in [1.29, 1.82) is 0 Å². The Bertz CT molecular complexity index is 375. The van der Waals surface area contributed by atoms with Crippen LogP contribution in [0.3, 0.4) is 0 Å². The van der Waals surface area contributed by atoms with E-state index in [2.05, 4.69) is 20.0 Å². The molecule has 5 nitrogen and oxygen atoms in total. The third-order valence-corrected chi connectivity index (χ3v) is 2.77. The number of hydrogen-bond acceptors (Lipinski definition) is 5. The number of carbonyl (C=O) groups excluding carboxylic acids is 1. The summed E-state index contributed by atoms with van der Waals surface area (Å²) in [6.07, 6.45) is 3.66. The molecule has 0 aliphatic carbocycles. The van der Waals surface area contributed by atoms with Crippen LogP contribution in [-0.2, 0) is 4.74 Å². The summed E-state index contributed by atoms with van der Waals surface area (Å²) in [4.78, 5) is 19.8. The molecule has 1 fully saturated rings. The van der Waals surface area contributed by atoms with Gasteiger partial charge in [-0.05, 0) is 32.0 Å². The molecule has 5 heteroatoms. The quantitative estimate of drug-likeness (QED) is 0.746. The number of piperidine rings is 1. The van der Waals surface area contributed by atoms with Gasteiger partial charge in [-0.2, -0.15) is 0 Å². The van der Waals surface area contributed by atoms with Crippen molar-refractivity contribution < 1.29 is 9.53 Å². The average molecular weight is 221 g/mol. The van der Waals surface area contributed by atoms with Crippen LogP contribution in [0.15, 0.2) is 12.3 Å². The van der Waals surface area contributed by atoms with Crippen LogP contribution in [0.2, 0.25) is 0 Å². The fourth-order valence-corrected chi connectivity index (χ4v) is 1.87. The van der Waals surface area contributed by atoms with Crippen molar-refractivity contribution in [1.82, 2.24) is 15.3 Å². The Labute approximate surface area is 94.2 Å². The molecule has 1 aromatic heterocycles. The summed E-state index contributed by atoms with van der Waals surface area (Å²) in [5, 5.41) is 3.29. The van der Waals surface area contributed by atoms with E-state index in [-0.39, 0.29) is 0 Å². The third kappa shape index (κ3) is 2.36. The van der Waals surface area contributed by atoms with Gasteiger partial charge in [-0.1, -0.05) is 0 Å². The zero-order valence-corrected chi connectivity index (χ0v) is 9.27. The van der Waals surface area contributed by atoms with Gasteiger partial charge >= 0.3 is 5.97 Å². The van der Waals surface area contributed by atoms with E-state index in [0.29, 0.717) is 11.6 Å². The van der Waals surface area contributed by atoms with Gasteiger partial charge in [-0.25, -0.2) is 14.8 Å². The fourth-order valence-electron chi connectivity index (χ4n) is 1.87. The molecule has 1 aromatic rings. The normalized spacial score (nSPS) is 17.1. The lowest BCUT2D eigenvalue weighted by Crippen LogP contribution is -2.27. The molecule has 16 heavy (non-hydrogen) atoms. The molecule has 1 N–H and O–H groups in total. The van der Waals surface area contributed by atoms with Gasteiger partial charge in [-0.15, -0.1) is 0 Å². The van der Waals surface area contributed by atoms with Crippen molar-refractivity contribution in [2.24, 2.45) is 0 Å². The van der Waals surface area contributed by atoms with Crippen LogP contribution in [0, 0.1) is 0 Å². The number of esters is 1. The average Bonchev–Trinajstić information content (AvgIpc) is 2.39. The highest BCUT2D eigenvalue weighted by molar-refractivity contribution is 5.86. The van der Waals surface area contributed by atoms with Gasteiger partial charge in [0.15, 0.2) is 5.69 Å². The number of ether oxygens (including phenoxy) is 1. The first-order valence-electron chi connectivity index (χ1n) is 5.43. The summed E-state index contributed by atoms with van der Waals surface area (Å²) in [5.74, 6) is 0.702. The lowest BCUT2D eigenvalue weighted by Gasteiger charge is -2.21. The van der Waals surface area contributed by atoms with Crippen LogP contribution in [0.5, 0.6) is 0 Å². The maximum Gasteiger partial charge on any atom is 0.356 e. The lowest BCUT2D eigenvalue weighted by atomic mass is 9.97. The van der Waals surface area contributed by atoms with Crippen LogP contribution >= 0.6 is 0 Å². The summed E-state index contributed by atoms with van der Waals surface area (Å²) < 4.78 is 4.64. The summed E-state index contributed by atoms with van der Waals surface area (Å²) >= 11 is 0. The van der Waals surface area contributed by atoms with E-state index >= 15 is 0 Å². The molecule has 86 valence electrons. The van der Waals surface area contributed by atoms with Crippen LogP contribution < -0.4 is 5.32 Å². The minimum atomic E-state index is -0.405. The largest absolute Gasteiger partial charge is 0.464 e. The molecule has 2 heterocycles. The summed E-state index contributed by atoms with van der Waals surface area (Å²) in [7, 11) is 1.36. The van der Waals surface area contributed by atoms with E-state index in [1.54, 1.807) is 12.3 Å². The molecule has 1 saturated heterocycles. The molecule has 0 radical (unpaired) electrons. The van der Waals surface area contributed by atoms with Crippen LogP contribution in [0.1, 0.15) is 35.1 Å². The maximum absolute atomic E-state index is 11.3. The second-order valence-electron chi connectivity index (χ2n) is 3.82. The molecular formula is C11H15N3O2. The number of aromatic nitrogens is 2. The van der Waals surface area contributed by atoms with E-state index in [1.165, 1.54) is 7.11 Å². The number of hydrogen-bond donors (Lipinski definition) is 1. The van der Waals surface area contributed by atoms with Crippen molar-refractivity contribution in [2.45, 2.75) is 18.8 Å². The van der Waals surface area contributed by atoms with Gasteiger partial charge in [0.2, 0.25) is 0 Å². The predicted molar refractivity (Wildman–Crippen MR) is 58.2 cm³/mol. The number of carbonyl (C=O) groups is 1. The van der Waals surface area contributed by atoms with Crippen molar-refractivity contribution >= 4 is 5.97 Å². The van der Waals surface area contributed by atoms with Gasteiger partial charge in [0.05, 0.1) is 7.11 Å². The molecule has 0 saturated carbocycles. The Hall–Kier alpha value is -1.49. The Balaban J connectivity index is 2.17. The molecular weight excluding hydrogens is 206 g/mol. The minimum Gasteiger partial charge on any atom is -0.464 e. The van der Waals surface area contributed by atoms with Crippen molar-refractivity contribution in [2.75, 3.05) is 20.2 Å². The molecule has 1 aliphatic heterocycles. The Morgan fingerprint density at radius 2 is 2.25 bits per heavy atom. The van der Waals surface area contributed by atoms with Gasteiger partial charge in [-0.3, -0.25) is 0 Å². The summed E-state index contributed by atoms with van der Waals surface area (Å²) in [6, 6.07) is 1.58. The molecule has 0 bridgehead atoms. The predicted octanol–water partition coefficient (Wildman–Crippen LogP) is 0.730. The highest BCUT2D eigenvalue weighted by Gasteiger charge is 2.19. The molecule has 1 aliphatic rings. The summed E-state index contributed by atoms with van der Waals surface area (Å²) in [6.45, 7) is 1.97. The van der Waals surface area contributed by atoms with Gasteiger partial charge in [0, 0.05) is 12.1 Å². The molecule has 0 amide bonds. The van der Waals surface area contributed by atoms with E-state index in [1.807, 2.05) is 0 Å². The number of nitrogens with one attached hydrogen (secondary N) is 1. The fraction of sp³-hybridized carbons (Fsp3) is 0.545. The highest BCUT2D eigenvalue weighted by atomic mass is 16.5. The molecule has 0 spiro atoms. The molecule has 0 aromatic carbocycles. The van der Waals surface area contributed by atoms with E-state index in [4.69, 9.17) is 0 Å². The Morgan fingerprint density at radius 1 is 1.50 bits per heavy atom. The van der Waals surface area contributed by atoms with Crippen molar-refractivity contribution in [3.8, 4) is 0 Å². The van der Waals surface area contributed by atoms with Crippen LogP contribution in [0.25, 0.3) is 0 Å². The van der Waals surface area contributed by atoms with Crippen molar-refractivity contribution in [3.63, 3.8) is 0 Å². The van der Waals surface area contributed by atoms with Crippen LogP contribution in [-0.4, -0.2) is 36.1 Å². The number of methoxy groups -OCH3 is 1. The minimum absolute atomic E-state index is 0.339. The van der Waals surface area contributed by atoms with Gasteiger partial charge in [0.1, 0.15) is 5.82 Å². The first-order chi connectivity index (χ1) is 7.81. The maximum atomic E-state index is 11.3. The second-order valence-corrected chi connectivity index (χ2v) is 3.82. The first-order valence-corrected chi connectivity index (χ1v) is 5.43. The van der Waals surface area contributed by atoms with Crippen LogP contribution in [0.4, 0.5) is 0 Å². The number of nitrogens with zero attached hydrogens (tertiary/aromatic N) is 2. The standard InChI is InChI=1S/C11H15N3O2/c1-16-11(15)9-4-7-13-10(14-9)8-2-5-12-6-3-8/h4,7-8,12H,2-3,5-6H2,1H3. The monoisotopic (exact) mass is 221 g/mol. The molecule has 0 unspecified atom stereocenters. The van der Waals surface area contributed by atoms with E-state index < -0.39 is 5.97 Å². The van der Waals surface area contributed by atoms with E-state index in [0.717, 1.165) is 31.8 Å². The Morgan fingerprint density at radius 3 is 2.94 bits per heavy atom. The second kappa shape index (κ2) is 5.03.